The van der Waals surface area contributed by atoms with E-state index in [2.05, 4.69) is 10.3 Å². The van der Waals surface area contributed by atoms with Crippen molar-refractivity contribution >= 4 is 0 Å². The predicted molar refractivity (Wildman–Crippen MR) is 58.8 cm³/mol. The Bertz CT molecular complexity index is 270. The summed E-state index contributed by atoms with van der Waals surface area (Å²) in [7, 11) is 1.60. The van der Waals surface area contributed by atoms with Gasteiger partial charge in [-0.2, -0.15) is 0 Å². The summed E-state index contributed by atoms with van der Waals surface area (Å²) in [6, 6.07) is 3.95. The fourth-order valence-corrected chi connectivity index (χ4v) is 1.24. The van der Waals surface area contributed by atoms with Crippen molar-refractivity contribution in [3.63, 3.8) is 0 Å². The highest BCUT2D eigenvalue weighted by atomic mass is 16.5. The summed E-state index contributed by atoms with van der Waals surface area (Å²) in [5.74, 6) is 0.618. The summed E-state index contributed by atoms with van der Waals surface area (Å²) >= 11 is 0. The molecule has 0 aliphatic rings. The van der Waals surface area contributed by atoms with Crippen LogP contribution in [0.3, 0.4) is 0 Å². The van der Waals surface area contributed by atoms with Crippen molar-refractivity contribution in [3.8, 4) is 5.88 Å². The minimum absolute atomic E-state index is 0.159. The first-order chi connectivity index (χ1) is 7.30. The van der Waals surface area contributed by atoms with Crippen LogP contribution >= 0.6 is 0 Å². The number of pyridine rings is 1. The van der Waals surface area contributed by atoms with E-state index in [-0.39, 0.29) is 12.6 Å². The highest BCUT2D eigenvalue weighted by Gasteiger charge is 2.03. The standard InChI is InChI=1S/C11H18N2O2/c1-3-10(8-14)12-6-9-4-5-11(15-2)13-7-9/h4-5,7,10,12,14H,3,6,8H2,1-2H3/t10-/m1/s1. The molecule has 2 N–H and O–H groups in total. The Morgan fingerprint density at radius 1 is 1.53 bits per heavy atom. The van der Waals surface area contributed by atoms with Crippen LogP contribution in [0.4, 0.5) is 0 Å². The largest absolute Gasteiger partial charge is 0.481 e. The van der Waals surface area contributed by atoms with Crippen LogP contribution in [0.1, 0.15) is 18.9 Å². The number of aliphatic hydroxyl groups excluding tert-OH is 1. The van der Waals surface area contributed by atoms with Crippen molar-refractivity contribution in [1.29, 1.82) is 0 Å². The molecule has 0 saturated heterocycles. The van der Waals surface area contributed by atoms with Crippen molar-refractivity contribution in [2.75, 3.05) is 13.7 Å². The lowest BCUT2D eigenvalue weighted by atomic mass is 10.2. The molecule has 0 spiro atoms. The lowest BCUT2D eigenvalue weighted by Gasteiger charge is -2.13. The first-order valence-corrected chi connectivity index (χ1v) is 5.13. The Hall–Kier alpha value is -1.13. The summed E-state index contributed by atoms with van der Waals surface area (Å²) in [5, 5.41) is 12.2. The molecular weight excluding hydrogens is 192 g/mol. The number of rotatable bonds is 6. The maximum atomic E-state index is 8.99. The smallest absolute Gasteiger partial charge is 0.212 e. The molecule has 0 aliphatic carbocycles. The van der Waals surface area contributed by atoms with E-state index in [1.807, 2.05) is 19.1 Å². The third kappa shape index (κ3) is 3.85. The van der Waals surface area contributed by atoms with E-state index in [0.717, 1.165) is 18.5 Å². The van der Waals surface area contributed by atoms with Gasteiger partial charge in [-0.1, -0.05) is 13.0 Å². The molecule has 1 heterocycles. The monoisotopic (exact) mass is 210 g/mol. The molecular formula is C11H18N2O2. The number of ether oxygens (including phenoxy) is 1. The number of hydrogen-bond acceptors (Lipinski definition) is 4. The van der Waals surface area contributed by atoms with Crippen LogP contribution in [0.25, 0.3) is 0 Å². The van der Waals surface area contributed by atoms with Crippen LogP contribution in [0.2, 0.25) is 0 Å². The molecule has 84 valence electrons. The Labute approximate surface area is 90.3 Å². The van der Waals surface area contributed by atoms with Crippen LogP contribution in [-0.4, -0.2) is 29.8 Å². The molecule has 1 atom stereocenters. The molecule has 4 nitrogen and oxygen atoms in total. The molecule has 0 radical (unpaired) electrons. The summed E-state index contributed by atoms with van der Waals surface area (Å²) < 4.78 is 4.97. The van der Waals surface area contributed by atoms with Crippen molar-refractivity contribution < 1.29 is 9.84 Å². The quantitative estimate of drug-likeness (QED) is 0.734. The second kappa shape index (κ2) is 6.37. The molecule has 15 heavy (non-hydrogen) atoms. The first-order valence-electron chi connectivity index (χ1n) is 5.13. The van der Waals surface area contributed by atoms with Gasteiger partial charge in [0.1, 0.15) is 0 Å². The summed E-state index contributed by atoms with van der Waals surface area (Å²) in [6.07, 6.45) is 2.69. The molecule has 0 aromatic carbocycles. The molecule has 4 heteroatoms. The van der Waals surface area contributed by atoms with Gasteiger partial charge in [-0.05, 0) is 12.0 Å². The lowest BCUT2D eigenvalue weighted by molar-refractivity contribution is 0.238. The normalized spacial score (nSPS) is 12.5. The van der Waals surface area contributed by atoms with Gasteiger partial charge < -0.3 is 15.2 Å². The summed E-state index contributed by atoms with van der Waals surface area (Å²) in [4.78, 5) is 4.10. The van der Waals surface area contributed by atoms with Crippen LogP contribution in [0.15, 0.2) is 18.3 Å². The van der Waals surface area contributed by atoms with Gasteiger partial charge in [0.05, 0.1) is 13.7 Å². The fraction of sp³-hybridized carbons (Fsp3) is 0.545. The van der Waals surface area contributed by atoms with Gasteiger partial charge in [-0.25, -0.2) is 4.98 Å². The van der Waals surface area contributed by atoms with E-state index < -0.39 is 0 Å². The van der Waals surface area contributed by atoms with Crippen molar-refractivity contribution in [3.05, 3.63) is 23.9 Å². The third-order valence-electron chi connectivity index (χ3n) is 2.31. The topological polar surface area (TPSA) is 54.4 Å². The van der Waals surface area contributed by atoms with E-state index in [0.29, 0.717) is 5.88 Å². The first kappa shape index (κ1) is 11.9. The van der Waals surface area contributed by atoms with Crippen molar-refractivity contribution in [2.24, 2.45) is 0 Å². The minimum atomic E-state index is 0.159. The average Bonchev–Trinajstić information content (AvgIpc) is 2.31. The van der Waals surface area contributed by atoms with Gasteiger partial charge in [-0.15, -0.1) is 0 Å². The molecule has 1 aromatic heterocycles. The zero-order chi connectivity index (χ0) is 11.1. The maximum Gasteiger partial charge on any atom is 0.212 e. The zero-order valence-electron chi connectivity index (χ0n) is 9.23. The Morgan fingerprint density at radius 3 is 2.80 bits per heavy atom. The van der Waals surface area contributed by atoms with Gasteiger partial charge in [0.25, 0.3) is 0 Å². The van der Waals surface area contributed by atoms with Gasteiger partial charge in [0, 0.05) is 24.8 Å². The van der Waals surface area contributed by atoms with E-state index in [1.54, 1.807) is 13.3 Å². The second-order valence-electron chi connectivity index (χ2n) is 3.38. The fourth-order valence-electron chi connectivity index (χ4n) is 1.24. The zero-order valence-corrected chi connectivity index (χ0v) is 9.23. The predicted octanol–water partition coefficient (Wildman–Crippen LogP) is 0.951. The molecule has 1 rings (SSSR count). The Morgan fingerprint density at radius 2 is 2.33 bits per heavy atom. The van der Waals surface area contributed by atoms with E-state index >= 15 is 0 Å². The van der Waals surface area contributed by atoms with Gasteiger partial charge in [-0.3, -0.25) is 0 Å². The Kier molecular flexibility index (Phi) is 5.07. The van der Waals surface area contributed by atoms with Gasteiger partial charge >= 0.3 is 0 Å². The molecule has 0 saturated carbocycles. The maximum absolute atomic E-state index is 8.99. The molecule has 0 aliphatic heterocycles. The molecule has 1 aromatic rings. The minimum Gasteiger partial charge on any atom is -0.481 e. The van der Waals surface area contributed by atoms with Crippen molar-refractivity contribution in [1.82, 2.24) is 10.3 Å². The highest BCUT2D eigenvalue weighted by Crippen LogP contribution is 2.06. The number of nitrogens with zero attached hydrogens (tertiary/aromatic N) is 1. The van der Waals surface area contributed by atoms with Crippen LogP contribution < -0.4 is 10.1 Å². The number of methoxy groups -OCH3 is 1. The Balaban J connectivity index is 2.43. The lowest BCUT2D eigenvalue weighted by Crippen LogP contribution is -2.31. The van der Waals surface area contributed by atoms with E-state index in [9.17, 15) is 0 Å². The third-order valence-corrected chi connectivity index (χ3v) is 2.31. The second-order valence-corrected chi connectivity index (χ2v) is 3.38. The van der Waals surface area contributed by atoms with Crippen LogP contribution in [0.5, 0.6) is 5.88 Å². The summed E-state index contributed by atoms with van der Waals surface area (Å²) in [5.41, 5.74) is 1.09. The highest BCUT2D eigenvalue weighted by molar-refractivity contribution is 5.17. The SMILES string of the molecule is CC[C@H](CO)NCc1ccc(OC)nc1. The molecule has 0 bridgehead atoms. The number of nitrogens with one attached hydrogen (secondary N) is 1. The molecule has 0 unspecified atom stereocenters. The van der Waals surface area contributed by atoms with Gasteiger partial charge in [0.15, 0.2) is 0 Å². The van der Waals surface area contributed by atoms with Crippen molar-refractivity contribution in [2.45, 2.75) is 25.9 Å². The van der Waals surface area contributed by atoms with Gasteiger partial charge in [0.2, 0.25) is 5.88 Å². The van der Waals surface area contributed by atoms with Crippen LogP contribution in [0, 0.1) is 0 Å². The average molecular weight is 210 g/mol. The molecule has 0 fully saturated rings. The molecule has 0 amide bonds. The van der Waals surface area contributed by atoms with Crippen LogP contribution in [-0.2, 0) is 6.54 Å². The number of aromatic nitrogens is 1. The van der Waals surface area contributed by atoms with E-state index in [4.69, 9.17) is 9.84 Å². The van der Waals surface area contributed by atoms with E-state index in [1.165, 1.54) is 0 Å². The summed E-state index contributed by atoms with van der Waals surface area (Å²) in [6.45, 7) is 2.93. The number of hydrogen-bond donors (Lipinski definition) is 2. The number of aliphatic hydroxyl groups is 1.